The Morgan fingerprint density at radius 3 is 2.43 bits per heavy atom. The van der Waals surface area contributed by atoms with Crippen molar-refractivity contribution in [3.63, 3.8) is 0 Å². The van der Waals surface area contributed by atoms with Crippen molar-refractivity contribution in [2.45, 2.75) is 40.7 Å². The molecule has 1 atom stereocenters. The van der Waals surface area contributed by atoms with Gasteiger partial charge in [0.1, 0.15) is 5.69 Å². The van der Waals surface area contributed by atoms with Crippen LogP contribution in [0.4, 0.5) is 0 Å². The lowest BCUT2D eigenvalue weighted by Gasteiger charge is -2.18. The number of hydrogen-bond donors (Lipinski definition) is 1. The van der Waals surface area contributed by atoms with Crippen LogP contribution in [0.5, 0.6) is 11.5 Å². The summed E-state index contributed by atoms with van der Waals surface area (Å²) < 4.78 is 16.2. The molecule has 30 heavy (non-hydrogen) atoms. The molecular formula is C23H30N2O5. The van der Waals surface area contributed by atoms with Crippen LogP contribution in [0.3, 0.4) is 0 Å². The number of pyridine rings is 1. The molecule has 1 aromatic heterocycles. The van der Waals surface area contributed by atoms with Crippen LogP contribution in [-0.4, -0.2) is 37.2 Å². The summed E-state index contributed by atoms with van der Waals surface area (Å²) in [6.45, 7) is 10.3. The van der Waals surface area contributed by atoms with E-state index >= 15 is 0 Å². The lowest BCUT2D eigenvalue weighted by Crippen LogP contribution is -2.28. The zero-order valence-corrected chi connectivity index (χ0v) is 18.4. The molecule has 1 N–H and O–H groups in total. The number of hydrogen-bond acceptors (Lipinski definition) is 6. The summed E-state index contributed by atoms with van der Waals surface area (Å²) in [5, 5.41) is 2.92. The van der Waals surface area contributed by atoms with E-state index in [1.165, 1.54) is 6.07 Å². The molecule has 0 spiro atoms. The van der Waals surface area contributed by atoms with E-state index in [0.29, 0.717) is 35.3 Å². The van der Waals surface area contributed by atoms with Crippen molar-refractivity contribution in [3.05, 3.63) is 52.8 Å². The van der Waals surface area contributed by atoms with E-state index in [1.54, 1.807) is 27.0 Å². The highest BCUT2D eigenvalue weighted by molar-refractivity contribution is 5.95. The van der Waals surface area contributed by atoms with Gasteiger partial charge < -0.3 is 19.5 Å². The highest BCUT2D eigenvalue weighted by atomic mass is 16.5. The third-order valence-electron chi connectivity index (χ3n) is 4.42. The Bertz CT molecular complexity index is 895. The van der Waals surface area contributed by atoms with Gasteiger partial charge in [-0.05, 0) is 56.5 Å². The number of ether oxygens (including phenoxy) is 3. The van der Waals surface area contributed by atoms with E-state index in [9.17, 15) is 9.59 Å². The topological polar surface area (TPSA) is 86.8 Å². The number of carbonyl (C=O) groups is 2. The van der Waals surface area contributed by atoms with Crippen LogP contribution < -0.4 is 14.8 Å². The molecule has 2 rings (SSSR count). The number of methoxy groups -OCH3 is 1. The van der Waals surface area contributed by atoms with Crippen LogP contribution in [0.2, 0.25) is 0 Å². The zero-order valence-electron chi connectivity index (χ0n) is 18.4. The average Bonchev–Trinajstić information content (AvgIpc) is 2.71. The maximum atomic E-state index is 12.6. The third kappa shape index (κ3) is 5.95. The molecule has 2 aromatic rings. The van der Waals surface area contributed by atoms with Crippen molar-refractivity contribution in [1.82, 2.24) is 10.3 Å². The predicted molar refractivity (Wildman–Crippen MR) is 114 cm³/mol. The zero-order chi connectivity index (χ0) is 22.3. The summed E-state index contributed by atoms with van der Waals surface area (Å²) in [5.74, 6) is 0.899. The first-order chi connectivity index (χ1) is 14.3. The molecule has 1 amide bonds. The molecule has 1 unspecified atom stereocenters. The largest absolute Gasteiger partial charge is 0.493 e. The van der Waals surface area contributed by atoms with Crippen LogP contribution in [-0.2, 0) is 4.74 Å². The number of amides is 1. The van der Waals surface area contributed by atoms with Crippen LogP contribution in [0.25, 0.3) is 0 Å². The predicted octanol–water partition coefficient (Wildman–Crippen LogP) is 4.10. The number of esters is 1. The summed E-state index contributed by atoms with van der Waals surface area (Å²) in [6.07, 6.45) is 0. The molecule has 0 aliphatic carbocycles. The van der Waals surface area contributed by atoms with E-state index in [4.69, 9.17) is 14.2 Å². The van der Waals surface area contributed by atoms with E-state index in [1.807, 2.05) is 25.1 Å². The minimum Gasteiger partial charge on any atom is -0.493 e. The number of aryl methyl sites for hydroxylation is 1. The van der Waals surface area contributed by atoms with E-state index in [-0.39, 0.29) is 24.2 Å². The second-order valence-corrected chi connectivity index (χ2v) is 7.36. The van der Waals surface area contributed by atoms with Crippen molar-refractivity contribution < 1.29 is 23.8 Å². The quantitative estimate of drug-likeness (QED) is 0.622. The van der Waals surface area contributed by atoms with Crippen LogP contribution in [0.1, 0.15) is 65.8 Å². The first-order valence-electron chi connectivity index (χ1n) is 10.0. The number of benzene rings is 1. The standard InChI is InChI=1S/C23H30N2O5/c1-7-29-23(27)18-9-10-19(24-16(18)5)22(26)25-15(4)17-8-11-20(21(12-17)28-6)30-13-14(2)3/h8-12,14-15H,7,13H2,1-6H3,(H,25,26). The van der Waals surface area contributed by atoms with Gasteiger partial charge in [-0.3, -0.25) is 4.79 Å². The van der Waals surface area contributed by atoms with Crippen LogP contribution in [0.15, 0.2) is 30.3 Å². The summed E-state index contributed by atoms with van der Waals surface area (Å²) in [4.78, 5) is 28.8. The smallest absolute Gasteiger partial charge is 0.339 e. The van der Waals surface area contributed by atoms with Crippen molar-refractivity contribution in [1.29, 1.82) is 0 Å². The molecule has 7 heteroatoms. The van der Waals surface area contributed by atoms with Gasteiger partial charge in [-0.25, -0.2) is 9.78 Å². The van der Waals surface area contributed by atoms with Crippen LogP contribution >= 0.6 is 0 Å². The molecule has 7 nitrogen and oxygen atoms in total. The molecule has 0 bridgehead atoms. The summed E-state index contributed by atoms with van der Waals surface area (Å²) in [5.41, 5.74) is 1.90. The lowest BCUT2D eigenvalue weighted by molar-refractivity contribution is 0.0524. The Labute approximate surface area is 177 Å². The minimum atomic E-state index is -0.449. The normalized spacial score (nSPS) is 11.7. The summed E-state index contributed by atoms with van der Waals surface area (Å²) >= 11 is 0. The van der Waals surface area contributed by atoms with Gasteiger partial charge in [0, 0.05) is 0 Å². The average molecular weight is 415 g/mol. The molecule has 1 aromatic carbocycles. The second kappa shape index (κ2) is 10.6. The SMILES string of the molecule is CCOC(=O)c1ccc(C(=O)NC(C)c2ccc(OCC(C)C)c(OC)c2)nc1C. The van der Waals surface area contributed by atoms with E-state index in [2.05, 4.69) is 24.1 Å². The third-order valence-corrected chi connectivity index (χ3v) is 4.42. The molecule has 0 radical (unpaired) electrons. The molecule has 0 aliphatic rings. The fourth-order valence-electron chi connectivity index (χ4n) is 2.80. The monoisotopic (exact) mass is 414 g/mol. The van der Waals surface area contributed by atoms with E-state index < -0.39 is 5.97 Å². The molecule has 0 fully saturated rings. The summed E-state index contributed by atoms with van der Waals surface area (Å²) in [7, 11) is 1.59. The highest BCUT2D eigenvalue weighted by Gasteiger charge is 2.18. The van der Waals surface area contributed by atoms with Gasteiger partial charge in [0.05, 0.1) is 37.6 Å². The van der Waals surface area contributed by atoms with Gasteiger partial charge in [0.25, 0.3) is 5.91 Å². The van der Waals surface area contributed by atoms with Gasteiger partial charge in [0.2, 0.25) is 0 Å². The molecule has 162 valence electrons. The molecular weight excluding hydrogens is 384 g/mol. The molecule has 0 aliphatic heterocycles. The Kier molecular flexibility index (Phi) is 8.21. The highest BCUT2D eigenvalue weighted by Crippen LogP contribution is 2.30. The van der Waals surface area contributed by atoms with Crippen LogP contribution in [0, 0.1) is 12.8 Å². The number of carbonyl (C=O) groups excluding carboxylic acids is 2. The number of nitrogens with zero attached hydrogens (tertiary/aromatic N) is 1. The van der Waals surface area contributed by atoms with Gasteiger partial charge in [-0.15, -0.1) is 0 Å². The molecule has 1 heterocycles. The van der Waals surface area contributed by atoms with Crippen molar-refractivity contribution in [3.8, 4) is 11.5 Å². The number of nitrogens with one attached hydrogen (secondary N) is 1. The van der Waals surface area contributed by atoms with Gasteiger partial charge in [0.15, 0.2) is 11.5 Å². The van der Waals surface area contributed by atoms with Gasteiger partial charge in [-0.1, -0.05) is 19.9 Å². The second-order valence-electron chi connectivity index (χ2n) is 7.36. The van der Waals surface area contributed by atoms with Gasteiger partial charge in [-0.2, -0.15) is 0 Å². The number of aromatic nitrogens is 1. The maximum Gasteiger partial charge on any atom is 0.339 e. The Morgan fingerprint density at radius 2 is 1.83 bits per heavy atom. The summed E-state index contributed by atoms with van der Waals surface area (Å²) in [6, 6.07) is 8.39. The Morgan fingerprint density at radius 1 is 1.10 bits per heavy atom. The maximum absolute atomic E-state index is 12.6. The minimum absolute atomic E-state index is 0.233. The molecule has 0 saturated heterocycles. The van der Waals surface area contributed by atoms with E-state index in [0.717, 1.165) is 5.56 Å². The Balaban J connectivity index is 2.11. The van der Waals surface area contributed by atoms with Crippen molar-refractivity contribution >= 4 is 11.9 Å². The van der Waals surface area contributed by atoms with Gasteiger partial charge >= 0.3 is 5.97 Å². The number of rotatable bonds is 9. The first kappa shape index (κ1) is 23.2. The fraction of sp³-hybridized carbons (Fsp3) is 0.435. The fourth-order valence-corrected chi connectivity index (χ4v) is 2.80. The van der Waals surface area contributed by atoms with Crippen molar-refractivity contribution in [2.24, 2.45) is 5.92 Å². The lowest BCUT2D eigenvalue weighted by atomic mass is 10.1. The van der Waals surface area contributed by atoms with Crippen molar-refractivity contribution in [2.75, 3.05) is 20.3 Å². The first-order valence-corrected chi connectivity index (χ1v) is 10.0. The Hall–Kier alpha value is -3.09. The molecule has 0 saturated carbocycles.